The minimum Gasteiger partial charge on any atom is -0.324 e. The van der Waals surface area contributed by atoms with Crippen molar-refractivity contribution in [2.24, 2.45) is 5.73 Å². The number of halogens is 2. The molecular weight excluding hydrogens is 267 g/mol. The fraction of sp³-hybridized carbons (Fsp3) is 0.400. The summed E-state index contributed by atoms with van der Waals surface area (Å²) in [5, 5.41) is 0. The number of aryl methyl sites for hydroxylation is 1. The van der Waals surface area contributed by atoms with E-state index in [9.17, 15) is 12.8 Å². The van der Waals surface area contributed by atoms with Crippen LogP contribution in [0.25, 0.3) is 0 Å². The summed E-state index contributed by atoms with van der Waals surface area (Å²) in [5.41, 5.74) is 6.83. The maximum Gasteiger partial charge on any atom is 0.229 e. The second-order valence-electron chi connectivity index (χ2n) is 3.85. The maximum atomic E-state index is 13.5. The third-order valence-corrected chi connectivity index (χ3v) is 2.72. The second kappa shape index (κ2) is 5.66. The molecule has 7 heteroatoms. The fourth-order valence-electron chi connectivity index (χ4n) is 1.36. The molecule has 1 aromatic carbocycles. The van der Waals surface area contributed by atoms with Crippen LogP contribution in [0.5, 0.6) is 0 Å². The zero-order chi connectivity index (χ0) is 12.5. The van der Waals surface area contributed by atoms with Gasteiger partial charge in [0.15, 0.2) is 0 Å². The average molecular weight is 283 g/mol. The smallest absolute Gasteiger partial charge is 0.229 e. The Kier molecular flexibility index (Phi) is 5.38. The lowest BCUT2D eigenvalue weighted by molar-refractivity contribution is 0.593. The predicted molar refractivity (Wildman–Crippen MR) is 69.5 cm³/mol. The summed E-state index contributed by atoms with van der Waals surface area (Å²) in [6, 6.07) is 2.27. The van der Waals surface area contributed by atoms with Crippen LogP contribution in [0.2, 0.25) is 0 Å². The van der Waals surface area contributed by atoms with Gasteiger partial charge in [0, 0.05) is 11.6 Å². The lowest BCUT2D eigenvalue weighted by Crippen LogP contribution is -2.13. The van der Waals surface area contributed by atoms with Crippen LogP contribution in [-0.2, 0) is 10.0 Å². The van der Waals surface area contributed by atoms with E-state index in [0.717, 1.165) is 12.3 Å². The van der Waals surface area contributed by atoms with Crippen molar-refractivity contribution in [1.82, 2.24) is 0 Å². The molecule has 3 N–H and O–H groups in total. The second-order valence-corrected chi connectivity index (χ2v) is 5.60. The molecule has 98 valence electrons. The van der Waals surface area contributed by atoms with Gasteiger partial charge < -0.3 is 5.73 Å². The van der Waals surface area contributed by atoms with Gasteiger partial charge in [-0.15, -0.1) is 12.4 Å². The zero-order valence-corrected chi connectivity index (χ0v) is 11.5. The van der Waals surface area contributed by atoms with Gasteiger partial charge in [-0.1, -0.05) is 0 Å². The number of hydrogen-bond donors (Lipinski definition) is 2. The SMILES string of the molecule is Cc1cc([C@@H](C)N)c(F)cc1NS(C)(=O)=O.Cl. The van der Waals surface area contributed by atoms with E-state index in [1.54, 1.807) is 19.9 Å². The van der Waals surface area contributed by atoms with Gasteiger partial charge in [0.25, 0.3) is 0 Å². The van der Waals surface area contributed by atoms with Crippen LogP contribution in [0, 0.1) is 12.7 Å². The molecule has 17 heavy (non-hydrogen) atoms. The van der Waals surface area contributed by atoms with Crippen molar-refractivity contribution in [1.29, 1.82) is 0 Å². The third kappa shape index (κ3) is 4.49. The van der Waals surface area contributed by atoms with E-state index in [4.69, 9.17) is 5.73 Å². The Morgan fingerprint density at radius 2 is 1.94 bits per heavy atom. The van der Waals surface area contributed by atoms with Crippen molar-refractivity contribution in [3.63, 3.8) is 0 Å². The number of benzene rings is 1. The summed E-state index contributed by atoms with van der Waals surface area (Å²) < 4.78 is 37.8. The number of nitrogens with one attached hydrogen (secondary N) is 1. The van der Waals surface area contributed by atoms with Gasteiger partial charge in [0.1, 0.15) is 5.82 Å². The molecule has 1 aromatic rings. The van der Waals surface area contributed by atoms with Crippen LogP contribution in [0.15, 0.2) is 12.1 Å². The Bertz CT molecular complexity index is 503. The molecule has 1 rings (SSSR count). The van der Waals surface area contributed by atoms with E-state index in [1.807, 2.05) is 0 Å². The minimum absolute atomic E-state index is 0. The number of rotatable bonds is 3. The number of nitrogens with two attached hydrogens (primary N) is 1. The van der Waals surface area contributed by atoms with Gasteiger partial charge in [-0.3, -0.25) is 4.72 Å². The van der Waals surface area contributed by atoms with E-state index in [1.165, 1.54) is 0 Å². The van der Waals surface area contributed by atoms with E-state index in [2.05, 4.69) is 4.72 Å². The van der Waals surface area contributed by atoms with Crippen molar-refractivity contribution < 1.29 is 12.8 Å². The molecule has 0 heterocycles. The lowest BCUT2D eigenvalue weighted by Gasteiger charge is -2.13. The first-order valence-electron chi connectivity index (χ1n) is 4.74. The molecule has 0 unspecified atom stereocenters. The molecule has 0 aromatic heterocycles. The first-order chi connectivity index (χ1) is 7.20. The van der Waals surface area contributed by atoms with Crippen LogP contribution >= 0.6 is 12.4 Å². The van der Waals surface area contributed by atoms with Crippen LogP contribution in [0.3, 0.4) is 0 Å². The summed E-state index contributed by atoms with van der Waals surface area (Å²) in [6.07, 6.45) is 1.02. The standard InChI is InChI=1S/C10H15FN2O2S.ClH/c1-6-4-8(7(2)12)9(11)5-10(6)13-16(3,14)15;/h4-5,7,13H,12H2,1-3H3;1H/t7-;/m1./s1. The van der Waals surface area contributed by atoms with Gasteiger partial charge >= 0.3 is 0 Å². The predicted octanol–water partition coefficient (Wildman–Crippen LogP) is 1.95. The lowest BCUT2D eigenvalue weighted by atomic mass is 10.0. The Hall–Kier alpha value is -0.850. The Labute approximate surface area is 107 Å². The zero-order valence-electron chi connectivity index (χ0n) is 9.82. The summed E-state index contributed by atoms with van der Waals surface area (Å²) >= 11 is 0. The van der Waals surface area contributed by atoms with E-state index in [0.29, 0.717) is 11.1 Å². The fourth-order valence-corrected chi connectivity index (χ4v) is 1.98. The van der Waals surface area contributed by atoms with E-state index >= 15 is 0 Å². The highest BCUT2D eigenvalue weighted by molar-refractivity contribution is 7.92. The van der Waals surface area contributed by atoms with E-state index in [-0.39, 0.29) is 18.1 Å². The molecule has 1 atom stereocenters. The van der Waals surface area contributed by atoms with E-state index < -0.39 is 21.9 Å². The van der Waals surface area contributed by atoms with Crippen molar-refractivity contribution in [3.8, 4) is 0 Å². The van der Waals surface area contributed by atoms with Crippen molar-refractivity contribution >= 4 is 28.1 Å². The number of hydrogen-bond acceptors (Lipinski definition) is 3. The normalized spacial score (nSPS) is 12.8. The number of anilines is 1. The topological polar surface area (TPSA) is 72.2 Å². The highest BCUT2D eigenvalue weighted by atomic mass is 35.5. The molecule has 0 saturated carbocycles. The Balaban J connectivity index is 0.00000256. The van der Waals surface area contributed by atoms with Gasteiger partial charge in [0.2, 0.25) is 10.0 Å². The van der Waals surface area contributed by atoms with Crippen LogP contribution < -0.4 is 10.5 Å². The highest BCUT2D eigenvalue weighted by Gasteiger charge is 2.12. The largest absolute Gasteiger partial charge is 0.324 e. The van der Waals surface area contributed by atoms with Crippen LogP contribution in [0.1, 0.15) is 24.1 Å². The maximum absolute atomic E-state index is 13.5. The van der Waals surface area contributed by atoms with Crippen molar-refractivity contribution in [3.05, 3.63) is 29.1 Å². The molecule has 0 radical (unpaired) electrons. The van der Waals surface area contributed by atoms with Gasteiger partial charge in [-0.25, -0.2) is 12.8 Å². The molecule has 0 aliphatic heterocycles. The molecule has 0 bridgehead atoms. The van der Waals surface area contributed by atoms with Gasteiger partial charge in [-0.05, 0) is 31.5 Å². The van der Waals surface area contributed by atoms with Crippen LogP contribution in [0.4, 0.5) is 10.1 Å². The average Bonchev–Trinajstić information content (AvgIpc) is 2.07. The summed E-state index contributed by atoms with van der Waals surface area (Å²) in [7, 11) is -3.40. The Morgan fingerprint density at radius 3 is 2.35 bits per heavy atom. The monoisotopic (exact) mass is 282 g/mol. The molecule has 0 amide bonds. The molecule has 0 saturated heterocycles. The molecule has 0 fully saturated rings. The summed E-state index contributed by atoms with van der Waals surface area (Å²) in [5.74, 6) is -0.508. The molecule has 0 aliphatic carbocycles. The summed E-state index contributed by atoms with van der Waals surface area (Å²) in [6.45, 7) is 3.36. The molecule has 4 nitrogen and oxygen atoms in total. The third-order valence-electron chi connectivity index (χ3n) is 2.13. The molecular formula is C10H16ClFN2O2S. The highest BCUT2D eigenvalue weighted by Crippen LogP contribution is 2.23. The quantitative estimate of drug-likeness (QED) is 0.890. The van der Waals surface area contributed by atoms with Crippen molar-refractivity contribution in [2.75, 3.05) is 11.0 Å². The summed E-state index contributed by atoms with van der Waals surface area (Å²) in [4.78, 5) is 0. The minimum atomic E-state index is -3.40. The van der Waals surface area contributed by atoms with Gasteiger partial charge in [-0.2, -0.15) is 0 Å². The Morgan fingerprint density at radius 1 is 1.41 bits per heavy atom. The first kappa shape index (κ1) is 16.1. The molecule has 0 spiro atoms. The molecule has 0 aliphatic rings. The van der Waals surface area contributed by atoms with Crippen molar-refractivity contribution in [2.45, 2.75) is 19.9 Å². The first-order valence-corrected chi connectivity index (χ1v) is 6.63. The van der Waals surface area contributed by atoms with Crippen LogP contribution in [-0.4, -0.2) is 14.7 Å². The van der Waals surface area contributed by atoms with Gasteiger partial charge in [0.05, 0.1) is 11.9 Å². The number of sulfonamides is 1.